The monoisotopic (exact) mass is 162 g/mol. The van der Waals surface area contributed by atoms with Crippen molar-refractivity contribution in [3.05, 3.63) is 30.2 Å². The fraction of sp³-hybridized carbons (Fsp3) is 0.300. The van der Waals surface area contributed by atoms with Crippen LogP contribution in [0.25, 0.3) is 10.9 Å². The third-order valence-electron chi connectivity index (χ3n) is 2.05. The fourth-order valence-corrected chi connectivity index (χ4v) is 1.28. The van der Waals surface area contributed by atoms with E-state index < -0.39 is 0 Å². The minimum absolute atomic E-state index is 0. The Balaban J connectivity index is 0.000000845. The average Bonchev–Trinajstić information content (AvgIpc) is 2.49. The Morgan fingerprint density at radius 2 is 2.33 bits per heavy atom. The Morgan fingerprint density at radius 3 is 3.08 bits per heavy atom. The fourth-order valence-electron chi connectivity index (χ4n) is 1.28. The van der Waals surface area contributed by atoms with Crippen molar-refractivity contribution in [2.45, 2.75) is 19.8 Å². The van der Waals surface area contributed by atoms with E-state index in [4.69, 9.17) is 0 Å². The van der Waals surface area contributed by atoms with Crippen LogP contribution in [0, 0.1) is 0 Å². The highest BCUT2D eigenvalue weighted by Gasteiger charge is 2.01. The van der Waals surface area contributed by atoms with E-state index in [-0.39, 0.29) is 1.43 Å². The van der Waals surface area contributed by atoms with Gasteiger partial charge in [-0.15, -0.1) is 0 Å². The van der Waals surface area contributed by atoms with Gasteiger partial charge in [0.2, 0.25) is 0 Å². The first-order valence-electron chi connectivity index (χ1n) is 4.20. The zero-order valence-corrected chi connectivity index (χ0v) is 7.33. The van der Waals surface area contributed by atoms with Crippen LogP contribution in [-0.2, 0) is 0 Å². The lowest BCUT2D eigenvalue weighted by atomic mass is 10.1. The molecule has 0 spiro atoms. The zero-order valence-electron chi connectivity index (χ0n) is 7.33. The molecule has 0 aromatic carbocycles. The molecule has 1 N–H and O–H groups in total. The average molecular weight is 162 g/mol. The van der Waals surface area contributed by atoms with Crippen LogP contribution >= 0.6 is 0 Å². The van der Waals surface area contributed by atoms with Gasteiger partial charge in [0.05, 0.1) is 0 Å². The van der Waals surface area contributed by atoms with Crippen LogP contribution in [0.15, 0.2) is 24.5 Å². The number of H-pyrrole nitrogens is 1. The molecular weight excluding hydrogens is 148 g/mol. The SMILES string of the molecule is CC(C)c1cc2[nH]ccc2cn1.[HH]. The number of fused-ring (bicyclic) bond motifs is 1. The first-order valence-corrected chi connectivity index (χ1v) is 4.20. The highest BCUT2D eigenvalue weighted by Crippen LogP contribution is 2.16. The van der Waals surface area contributed by atoms with Gasteiger partial charge in [-0.05, 0) is 18.1 Å². The van der Waals surface area contributed by atoms with Gasteiger partial charge in [-0.2, -0.15) is 0 Å². The van der Waals surface area contributed by atoms with Crippen LogP contribution in [0.1, 0.15) is 26.9 Å². The summed E-state index contributed by atoms with van der Waals surface area (Å²) in [5.74, 6) is 0.498. The maximum atomic E-state index is 4.36. The van der Waals surface area contributed by atoms with Crippen LogP contribution in [0.4, 0.5) is 0 Å². The quantitative estimate of drug-likeness (QED) is 0.686. The molecule has 2 aromatic heterocycles. The number of hydrogen-bond donors (Lipinski definition) is 1. The number of pyridine rings is 1. The molecule has 2 heteroatoms. The molecule has 0 atom stereocenters. The highest BCUT2D eigenvalue weighted by molar-refractivity contribution is 5.78. The van der Waals surface area contributed by atoms with Crippen molar-refractivity contribution in [2.75, 3.05) is 0 Å². The first kappa shape index (κ1) is 7.35. The van der Waals surface area contributed by atoms with Gasteiger partial charge in [0, 0.05) is 30.4 Å². The lowest BCUT2D eigenvalue weighted by Gasteiger charge is -2.02. The van der Waals surface area contributed by atoms with Gasteiger partial charge >= 0.3 is 0 Å². The minimum Gasteiger partial charge on any atom is -0.361 e. The lowest BCUT2D eigenvalue weighted by molar-refractivity contribution is 0.826. The predicted octanol–water partition coefficient (Wildman–Crippen LogP) is 2.93. The molecule has 0 bridgehead atoms. The number of hydrogen-bond acceptors (Lipinski definition) is 1. The molecule has 0 fully saturated rings. The first-order chi connectivity index (χ1) is 5.77. The molecular formula is C10H14N2. The maximum Gasteiger partial charge on any atom is 0.0487 e. The van der Waals surface area contributed by atoms with Gasteiger partial charge in [-0.25, -0.2) is 0 Å². The van der Waals surface area contributed by atoms with Crippen LogP contribution in [-0.4, -0.2) is 9.97 Å². The number of nitrogens with zero attached hydrogens (tertiary/aromatic N) is 1. The molecule has 2 aromatic rings. The van der Waals surface area contributed by atoms with E-state index in [1.807, 2.05) is 18.5 Å². The van der Waals surface area contributed by atoms with E-state index >= 15 is 0 Å². The molecule has 64 valence electrons. The highest BCUT2D eigenvalue weighted by atomic mass is 14.7. The number of aromatic nitrogens is 2. The van der Waals surface area contributed by atoms with Crippen molar-refractivity contribution in [2.24, 2.45) is 0 Å². The topological polar surface area (TPSA) is 28.7 Å². The van der Waals surface area contributed by atoms with Crippen LogP contribution in [0.3, 0.4) is 0 Å². The van der Waals surface area contributed by atoms with E-state index in [0.29, 0.717) is 5.92 Å². The molecule has 0 radical (unpaired) electrons. The zero-order chi connectivity index (χ0) is 8.55. The van der Waals surface area contributed by atoms with Gasteiger partial charge < -0.3 is 4.98 Å². The molecule has 2 rings (SSSR count). The smallest absolute Gasteiger partial charge is 0.0487 e. The summed E-state index contributed by atoms with van der Waals surface area (Å²) in [6.45, 7) is 4.30. The summed E-state index contributed by atoms with van der Waals surface area (Å²) in [5, 5.41) is 1.18. The van der Waals surface area contributed by atoms with E-state index in [2.05, 4.69) is 29.9 Å². The second-order valence-electron chi connectivity index (χ2n) is 3.33. The molecule has 12 heavy (non-hydrogen) atoms. The molecule has 0 unspecified atom stereocenters. The summed E-state index contributed by atoms with van der Waals surface area (Å²) >= 11 is 0. The molecule has 0 aliphatic heterocycles. The molecule has 0 aliphatic rings. The molecule has 2 heterocycles. The van der Waals surface area contributed by atoms with Crippen molar-refractivity contribution >= 4 is 10.9 Å². The summed E-state index contributed by atoms with van der Waals surface area (Å²) < 4.78 is 0. The minimum atomic E-state index is 0. The second kappa shape index (κ2) is 2.63. The summed E-state index contributed by atoms with van der Waals surface area (Å²) in [5.41, 5.74) is 2.32. The standard InChI is InChI=1S/C10H12N2.H2/c1-7(2)9-5-10-8(6-12-9)3-4-11-10;/h3-7,11H,1-2H3;1H. The number of rotatable bonds is 1. The summed E-state index contributed by atoms with van der Waals surface area (Å²) in [6, 6.07) is 4.15. The predicted molar refractivity (Wildman–Crippen MR) is 52.3 cm³/mol. The molecule has 0 aliphatic carbocycles. The van der Waals surface area contributed by atoms with E-state index in [1.54, 1.807) is 0 Å². The van der Waals surface area contributed by atoms with Crippen LogP contribution in [0.5, 0.6) is 0 Å². The van der Waals surface area contributed by atoms with Crippen LogP contribution < -0.4 is 0 Å². The Kier molecular flexibility index (Phi) is 1.61. The lowest BCUT2D eigenvalue weighted by Crippen LogP contribution is -1.90. The summed E-state index contributed by atoms with van der Waals surface area (Å²) in [4.78, 5) is 7.53. The molecule has 0 saturated heterocycles. The Hall–Kier alpha value is -1.31. The van der Waals surface area contributed by atoms with E-state index in [0.717, 1.165) is 5.69 Å². The van der Waals surface area contributed by atoms with Crippen molar-refractivity contribution in [1.82, 2.24) is 9.97 Å². The van der Waals surface area contributed by atoms with E-state index in [9.17, 15) is 0 Å². The normalized spacial score (nSPS) is 11.2. The Morgan fingerprint density at radius 1 is 1.50 bits per heavy atom. The number of aromatic amines is 1. The number of nitrogens with one attached hydrogen (secondary N) is 1. The van der Waals surface area contributed by atoms with Crippen molar-refractivity contribution in [3.8, 4) is 0 Å². The largest absolute Gasteiger partial charge is 0.361 e. The van der Waals surface area contributed by atoms with Gasteiger partial charge in [0.1, 0.15) is 0 Å². The van der Waals surface area contributed by atoms with E-state index in [1.165, 1.54) is 10.9 Å². The van der Waals surface area contributed by atoms with Gasteiger partial charge in [-0.3, -0.25) is 4.98 Å². The maximum absolute atomic E-state index is 4.36. The third-order valence-corrected chi connectivity index (χ3v) is 2.05. The second-order valence-corrected chi connectivity index (χ2v) is 3.33. The molecule has 0 saturated carbocycles. The van der Waals surface area contributed by atoms with Gasteiger partial charge in [0.25, 0.3) is 0 Å². The van der Waals surface area contributed by atoms with Crippen molar-refractivity contribution < 1.29 is 1.43 Å². The van der Waals surface area contributed by atoms with Gasteiger partial charge in [0.15, 0.2) is 0 Å². The molecule has 2 nitrogen and oxygen atoms in total. The molecule has 0 amide bonds. The third kappa shape index (κ3) is 1.09. The summed E-state index contributed by atoms with van der Waals surface area (Å²) in [7, 11) is 0. The van der Waals surface area contributed by atoms with Crippen molar-refractivity contribution in [3.63, 3.8) is 0 Å². The van der Waals surface area contributed by atoms with Gasteiger partial charge in [-0.1, -0.05) is 13.8 Å². The Labute approximate surface area is 73.1 Å². The Bertz CT molecular complexity index is 392. The van der Waals surface area contributed by atoms with Crippen LogP contribution in [0.2, 0.25) is 0 Å². The summed E-state index contributed by atoms with van der Waals surface area (Å²) in [6.07, 6.45) is 3.86. The van der Waals surface area contributed by atoms with Crippen molar-refractivity contribution in [1.29, 1.82) is 0 Å².